The predicted octanol–water partition coefficient (Wildman–Crippen LogP) is 1.88. The predicted molar refractivity (Wildman–Crippen MR) is 99.7 cm³/mol. The Bertz CT molecular complexity index is 728. The number of hydrogen-bond acceptors (Lipinski definition) is 3. The quantitative estimate of drug-likeness (QED) is 0.898. The number of nitrogens with zero attached hydrogens (tertiary/aromatic N) is 2. The SMILES string of the molecule is CC(=O)N1CCN(C(=O)C2CC2C(=O)Nc2c(C)cc(C)cc2C)CC1. The van der Waals surface area contributed by atoms with E-state index in [9.17, 15) is 14.4 Å². The molecule has 26 heavy (non-hydrogen) atoms. The molecule has 1 N–H and O–H groups in total. The second-order valence-electron chi connectivity index (χ2n) is 7.54. The molecule has 1 aromatic rings. The van der Waals surface area contributed by atoms with Crippen LogP contribution >= 0.6 is 0 Å². The van der Waals surface area contributed by atoms with Crippen LogP contribution in [0.5, 0.6) is 0 Å². The minimum atomic E-state index is -0.242. The normalized spacial score (nSPS) is 22.2. The van der Waals surface area contributed by atoms with Crippen LogP contribution in [0, 0.1) is 32.6 Å². The van der Waals surface area contributed by atoms with Crippen molar-refractivity contribution in [3.63, 3.8) is 0 Å². The van der Waals surface area contributed by atoms with Gasteiger partial charge in [0.05, 0.1) is 11.8 Å². The summed E-state index contributed by atoms with van der Waals surface area (Å²) in [6.07, 6.45) is 0.613. The topological polar surface area (TPSA) is 69.7 Å². The molecular weight excluding hydrogens is 330 g/mol. The van der Waals surface area contributed by atoms with E-state index in [1.54, 1.807) is 16.7 Å². The summed E-state index contributed by atoms with van der Waals surface area (Å²) >= 11 is 0. The smallest absolute Gasteiger partial charge is 0.228 e. The molecule has 6 heteroatoms. The summed E-state index contributed by atoms with van der Waals surface area (Å²) in [7, 11) is 0. The molecule has 1 aliphatic heterocycles. The van der Waals surface area contributed by atoms with Gasteiger partial charge in [-0.05, 0) is 38.3 Å². The fraction of sp³-hybridized carbons (Fsp3) is 0.550. The van der Waals surface area contributed by atoms with Gasteiger partial charge in [-0.3, -0.25) is 14.4 Å². The second kappa shape index (κ2) is 7.09. The summed E-state index contributed by atoms with van der Waals surface area (Å²) in [5, 5.41) is 3.01. The third-order valence-corrected chi connectivity index (χ3v) is 5.41. The Morgan fingerprint density at radius 1 is 0.923 bits per heavy atom. The number of hydrogen-bond donors (Lipinski definition) is 1. The van der Waals surface area contributed by atoms with Gasteiger partial charge in [-0.25, -0.2) is 0 Å². The third-order valence-electron chi connectivity index (χ3n) is 5.41. The molecule has 0 spiro atoms. The number of carbonyl (C=O) groups is 3. The van der Waals surface area contributed by atoms with Crippen LogP contribution in [0.4, 0.5) is 5.69 Å². The van der Waals surface area contributed by atoms with E-state index in [4.69, 9.17) is 0 Å². The van der Waals surface area contributed by atoms with Crippen LogP contribution in [0.1, 0.15) is 30.0 Å². The Morgan fingerprint density at radius 2 is 1.46 bits per heavy atom. The summed E-state index contributed by atoms with van der Waals surface area (Å²) < 4.78 is 0. The molecule has 2 fully saturated rings. The highest BCUT2D eigenvalue weighted by atomic mass is 16.2. The molecule has 0 radical (unpaired) electrons. The standard InChI is InChI=1S/C20H27N3O3/c1-12-9-13(2)18(14(3)10-12)21-19(25)16-11-17(16)20(26)23-7-5-22(6-8-23)15(4)24/h9-10,16-17H,5-8,11H2,1-4H3,(H,21,25). The van der Waals surface area contributed by atoms with Crippen LogP contribution in [0.15, 0.2) is 12.1 Å². The molecule has 0 bridgehead atoms. The lowest BCUT2D eigenvalue weighted by Crippen LogP contribution is -2.50. The van der Waals surface area contributed by atoms with Crippen LogP contribution in [0.25, 0.3) is 0 Å². The van der Waals surface area contributed by atoms with Crippen LogP contribution in [0.2, 0.25) is 0 Å². The summed E-state index contributed by atoms with van der Waals surface area (Å²) in [6, 6.07) is 4.10. The molecule has 6 nitrogen and oxygen atoms in total. The van der Waals surface area contributed by atoms with Crippen molar-refractivity contribution in [2.24, 2.45) is 11.8 Å². The highest BCUT2D eigenvalue weighted by Crippen LogP contribution is 2.41. The zero-order chi connectivity index (χ0) is 19.0. The highest BCUT2D eigenvalue weighted by Gasteiger charge is 2.49. The molecule has 1 saturated heterocycles. The van der Waals surface area contributed by atoms with E-state index in [0.717, 1.165) is 16.8 Å². The van der Waals surface area contributed by atoms with Crippen molar-refractivity contribution in [2.45, 2.75) is 34.1 Å². The lowest BCUT2D eigenvalue weighted by Gasteiger charge is -2.34. The van der Waals surface area contributed by atoms with Gasteiger partial charge in [0.15, 0.2) is 0 Å². The molecule has 3 amide bonds. The number of amides is 3. The highest BCUT2D eigenvalue weighted by molar-refractivity contribution is 6.00. The molecule has 0 aromatic heterocycles. The number of benzene rings is 1. The van der Waals surface area contributed by atoms with E-state index >= 15 is 0 Å². The van der Waals surface area contributed by atoms with E-state index in [2.05, 4.69) is 5.32 Å². The molecule has 1 aliphatic carbocycles. The fourth-order valence-corrected chi connectivity index (χ4v) is 3.83. The number of carbonyl (C=O) groups excluding carboxylic acids is 3. The van der Waals surface area contributed by atoms with Crippen molar-refractivity contribution < 1.29 is 14.4 Å². The van der Waals surface area contributed by atoms with Crippen LogP contribution in [0.3, 0.4) is 0 Å². The van der Waals surface area contributed by atoms with Gasteiger partial charge in [-0.15, -0.1) is 0 Å². The Hall–Kier alpha value is -2.37. The minimum absolute atomic E-state index is 0.0459. The van der Waals surface area contributed by atoms with E-state index in [1.165, 1.54) is 5.56 Å². The van der Waals surface area contributed by atoms with E-state index < -0.39 is 0 Å². The minimum Gasteiger partial charge on any atom is -0.339 e. The third kappa shape index (κ3) is 3.74. The summed E-state index contributed by atoms with van der Waals surface area (Å²) in [6.45, 7) is 9.82. The molecule has 2 aliphatic rings. The largest absolute Gasteiger partial charge is 0.339 e. The maximum atomic E-state index is 12.6. The van der Waals surface area contributed by atoms with E-state index in [-0.39, 0.29) is 29.6 Å². The second-order valence-corrected chi connectivity index (χ2v) is 7.54. The first-order valence-corrected chi connectivity index (χ1v) is 9.21. The fourth-order valence-electron chi connectivity index (χ4n) is 3.83. The number of rotatable bonds is 3. The van der Waals surface area contributed by atoms with Gasteiger partial charge in [-0.2, -0.15) is 0 Å². The first kappa shape index (κ1) is 18.4. The Morgan fingerprint density at radius 3 is 2.00 bits per heavy atom. The van der Waals surface area contributed by atoms with Crippen LogP contribution < -0.4 is 5.32 Å². The monoisotopic (exact) mass is 357 g/mol. The first-order valence-electron chi connectivity index (χ1n) is 9.21. The van der Waals surface area contributed by atoms with Crippen molar-refractivity contribution in [3.05, 3.63) is 28.8 Å². The van der Waals surface area contributed by atoms with E-state index in [1.807, 2.05) is 32.9 Å². The van der Waals surface area contributed by atoms with Gasteiger partial charge in [0.1, 0.15) is 0 Å². The Kier molecular flexibility index (Phi) is 5.03. The molecular formula is C20H27N3O3. The average molecular weight is 357 g/mol. The summed E-state index contributed by atoms with van der Waals surface area (Å²) in [5.41, 5.74) is 4.11. The molecule has 140 valence electrons. The molecule has 1 saturated carbocycles. The van der Waals surface area contributed by atoms with Crippen molar-refractivity contribution in [3.8, 4) is 0 Å². The van der Waals surface area contributed by atoms with Gasteiger partial charge in [0.25, 0.3) is 0 Å². The molecule has 2 unspecified atom stereocenters. The number of aryl methyl sites for hydroxylation is 3. The van der Waals surface area contributed by atoms with Gasteiger partial charge < -0.3 is 15.1 Å². The number of nitrogens with one attached hydrogen (secondary N) is 1. The average Bonchev–Trinajstić information content (AvgIpc) is 3.38. The van der Waals surface area contributed by atoms with Gasteiger partial charge in [0, 0.05) is 38.8 Å². The number of piperazine rings is 1. The molecule has 1 heterocycles. The summed E-state index contributed by atoms with van der Waals surface area (Å²) in [4.78, 5) is 40.1. The van der Waals surface area contributed by atoms with Crippen molar-refractivity contribution >= 4 is 23.4 Å². The summed E-state index contributed by atoms with van der Waals surface area (Å²) in [5.74, 6) is -0.436. The van der Waals surface area contributed by atoms with Crippen LogP contribution in [-0.2, 0) is 14.4 Å². The van der Waals surface area contributed by atoms with Gasteiger partial charge >= 0.3 is 0 Å². The van der Waals surface area contributed by atoms with Gasteiger partial charge in [0.2, 0.25) is 17.7 Å². The van der Waals surface area contributed by atoms with Crippen molar-refractivity contribution in [1.82, 2.24) is 9.80 Å². The molecule has 1 aromatic carbocycles. The molecule has 3 rings (SSSR count). The van der Waals surface area contributed by atoms with E-state index in [0.29, 0.717) is 32.6 Å². The zero-order valence-electron chi connectivity index (χ0n) is 16.0. The first-order chi connectivity index (χ1) is 12.3. The Labute approximate surface area is 154 Å². The van der Waals surface area contributed by atoms with Crippen molar-refractivity contribution in [1.29, 1.82) is 0 Å². The molecule has 2 atom stereocenters. The number of anilines is 1. The lowest BCUT2D eigenvalue weighted by molar-refractivity contribution is -0.139. The Balaban J connectivity index is 1.56. The van der Waals surface area contributed by atoms with Gasteiger partial charge in [-0.1, -0.05) is 17.7 Å². The lowest BCUT2D eigenvalue weighted by atomic mass is 10.0. The zero-order valence-corrected chi connectivity index (χ0v) is 16.0. The van der Waals surface area contributed by atoms with Crippen molar-refractivity contribution in [2.75, 3.05) is 31.5 Å². The maximum absolute atomic E-state index is 12.6. The maximum Gasteiger partial charge on any atom is 0.228 e. The van der Waals surface area contributed by atoms with Crippen LogP contribution in [-0.4, -0.2) is 53.7 Å².